The number of hydrogen-bond acceptors (Lipinski definition) is 3. The Kier molecular flexibility index (Phi) is 6.70. The third kappa shape index (κ3) is 5.15. The predicted octanol–water partition coefficient (Wildman–Crippen LogP) is 3.74. The van der Waals surface area contributed by atoms with Crippen LogP contribution in [-0.2, 0) is 16.1 Å². The molecule has 2 aliphatic heterocycles. The van der Waals surface area contributed by atoms with Gasteiger partial charge in [0.15, 0.2) is 0 Å². The summed E-state index contributed by atoms with van der Waals surface area (Å²) >= 11 is 3.38. The molecule has 0 atom stereocenters. The molecule has 0 unspecified atom stereocenters. The largest absolute Gasteiger partial charge is 0.352 e. The van der Waals surface area contributed by atoms with Crippen molar-refractivity contribution in [2.24, 2.45) is 5.92 Å². The lowest BCUT2D eigenvalue weighted by Crippen LogP contribution is -2.42. The van der Waals surface area contributed by atoms with E-state index in [1.165, 1.54) is 0 Å². The van der Waals surface area contributed by atoms with Gasteiger partial charge in [0.1, 0.15) is 0 Å². The molecule has 0 aromatic heterocycles. The molecule has 3 amide bonds. The highest BCUT2D eigenvalue weighted by atomic mass is 79.9. The zero-order valence-corrected chi connectivity index (χ0v) is 18.9. The maximum Gasteiger partial charge on any atom is 0.253 e. The van der Waals surface area contributed by atoms with Crippen LogP contribution in [0.5, 0.6) is 0 Å². The molecule has 2 aromatic rings. The zero-order chi connectivity index (χ0) is 21.8. The van der Waals surface area contributed by atoms with Crippen LogP contribution >= 0.6 is 15.9 Å². The Bertz CT molecular complexity index is 968. The summed E-state index contributed by atoms with van der Waals surface area (Å²) in [7, 11) is 0. The zero-order valence-electron chi connectivity index (χ0n) is 17.4. The second-order valence-corrected chi connectivity index (χ2v) is 9.03. The molecule has 4 rings (SSSR count). The molecule has 2 heterocycles. The number of rotatable bonds is 5. The summed E-state index contributed by atoms with van der Waals surface area (Å²) in [5.41, 5.74) is 2.55. The molecule has 7 heteroatoms. The lowest BCUT2D eigenvalue weighted by Gasteiger charge is -2.31. The summed E-state index contributed by atoms with van der Waals surface area (Å²) < 4.78 is 0.942. The van der Waals surface area contributed by atoms with Gasteiger partial charge in [0, 0.05) is 54.2 Å². The number of hydrogen-bond donors (Lipinski definition) is 1. The average molecular weight is 484 g/mol. The van der Waals surface area contributed by atoms with Crippen LogP contribution in [0.25, 0.3) is 0 Å². The van der Waals surface area contributed by atoms with E-state index in [-0.39, 0.29) is 23.6 Å². The summed E-state index contributed by atoms with van der Waals surface area (Å²) in [6.07, 6.45) is 2.82. The minimum Gasteiger partial charge on any atom is -0.352 e. The number of carbonyl (C=O) groups excluding carboxylic acids is 3. The second-order valence-electron chi connectivity index (χ2n) is 8.11. The lowest BCUT2D eigenvalue weighted by molar-refractivity contribution is -0.126. The van der Waals surface area contributed by atoms with E-state index in [1.54, 1.807) is 0 Å². The van der Waals surface area contributed by atoms with Crippen molar-refractivity contribution in [3.8, 4) is 0 Å². The van der Waals surface area contributed by atoms with Crippen LogP contribution < -0.4 is 10.2 Å². The van der Waals surface area contributed by atoms with Crippen LogP contribution in [0.2, 0.25) is 0 Å². The third-order valence-electron chi connectivity index (χ3n) is 6.01. The van der Waals surface area contributed by atoms with E-state index in [9.17, 15) is 14.4 Å². The number of nitrogens with zero attached hydrogens (tertiary/aromatic N) is 2. The van der Waals surface area contributed by atoms with Crippen LogP contribution in [0.4, 0.5) is 5.69 Å². The smallest absolute Gasteiger partial charge is 0.253 e. The number of piperidine rings is 1. The summed E-state index contributed by atoms with van der Waals surface area (Å²) in [4.78, 5) is 40.9. The molecule has 0 bridgehead atoms. The van der Waals surface area contributed by atoms with Crippen molar-refractivity contribution in [3.05, 3.63) is 64.1 Å². The second kappa shape index (κ2) is 9.64. The van der Waals surface area contributed by atoms with Gasteiger partial charge in [-0.3, -0.25) is 14.4 Å². The van der Waals surface area contributed by atoms with Crippen LogP contribution in [0.15, 0.2) is 53.0 Å². The van der Waals surface area contributed by atoms with Crippen LogP contribution in [0.1, 0.15) is 41.6 Å². The fourth-order valence-electron chi connectivity index (χ4n) is 4.21. The van der Waals surface area contributed by atoms with Crippen molar-refractivity contribution in [3.63, 3.8) is 0 Å². The summed E-state index contributed by atoms with van der Waals surface area (Å²) in [5.74, 6) is 0.112. The van der Waals surface area contributed by atoms with Gasteiger partial charge in [0.2, 0.25) is 11.8 Å². The SMILES string of the molecule is O=C(NCc1cccc(N2CCCC2=O)c1)C1CCN(C(=O)c2ccc(Br)cc2)CC1. The highest BCUT2D eigenvalue weighted by molar-refractivity contribution is 9.10. The first-order valence-corrected chi connectivity index (χ1v) is 11.5. The first-order chi connectivity index (χ1) is 15.0. The number of benzene rings is 2. The van der Waals surface area contributed by atoms with Crippen LogP contribution in [-0.4, -0.2) is 42.3 Å². The van der Waals surface area contributed by atoms with Gasteiger partial charge in [-0.15, -0.1) is 0 Å². The monoisotopic (exact) mass is 483 g/mol. The molecular formula is C24H26BrN3O3. The maximum atomic E-state index is 12.7. The molecule has 162 valence electrons. The Morgan fingerprint density at radius 1 is 1.03 bits per heavy atom. The molecule has 0 spiro atoms. The van der Waals surface area contributed by atoms with Gasteiger partial charge < -0.3 is 15.1 Å². The Hall–Kier alpha value is -2.67. The number of halogens is 1. The molecule has 0 aliphatic carbocycles. The standard InChI is InChI=1S/C24H26BrN3O3/c25-20-8-6-19(7-9-20)24(31)27-13-10-18(11-14-27)23(30)26-16-17-3-1-4-21(15-17)28-12-2-5-22(28)29/h1,3-4,6-9,15,18H,2,5,10-14,16H2,(H,26,30). The minimum atomic E-state index is -0.0858. The number of carbonyl (C=O) groups is 3. The van der Waals surface area contributed by atoms with E-state index in [2.05, 4.69) is 21.2 Å². The Labute approximate surface area is 190 Å². The first kappa shape index (κ1) is 21.6. The fourth-order valence-corrected chi connectivity index (χ4v) is 4.47. The van der Waals surface area contributed by atoms with Gasteiger partial charge in [0.05, 0.1) is 0 Å². The molecule has 2 aromatic carbocycles. The van der Waals surface area contributed by atoms with Crippen molar-refractivity contribution in [1.82, 2.24) is 10.2 Å². The molecule has 2 saturated heterocycles. The van der Waals surface area contributed by atoms with Crippen molar-refractivity contribution in [1.29, 1.82) is 0 Å². The summed E-state index contributed by atoms with van der Waals surface area (Å²) in [6.45, 7) is 2.36. The van der Waals surface area contributed by atoms with Crippen LogP contribution in [0, 0.1) is 5.92 Å². The van der Waals surface area contributed by atoms with E-state index >= 15 is 0 Å². The normalized spacial score (nSPS) is 17.1. The molecule has 0 radical (unpaired) electrons. The molecule has 31 heavy (non-hydrogen) atoms. The van der Waals surface area contributed by atoms with E-state index in [0.717, 1.165) is 28.7 Å². The Morgan fingerprint density at radius 2 is 1.77 bits per heavy atom. The van der Waals surface area contributed by atoms with Crippen LogP contribution in [0.3, 0.4) is 0 Å². The van der Waals surface area contributed by atoms with Gasteiger partial charge in [0.25, 0.3) is 5.91 Å². The quantitative estimate of drug-likeness (QED) is 0.703. The highest BCUT2D eigenvalue weighted by Crippen LogP contribution is 2.23. The maximum absolute atomic E-state index is 12.7. The van der Waals surface area contributed by atoms with Gasteiger partial charge in [-0.2, -0.15) is 0 Å². The van der Waals surface area contributed by atoms with Crippen molar-refractivity contribution in [2.75, 3.05) is 24.5 Å². The number of likely N-dealkylation sites (tertiary alicyclic amines) is 1. The molecule has 2 aliphatic rings. The minimum absolute atomic E-state index is 0.0135. The fraction of sp³-hybridized carbons (Fsp3) is 0.375. The molecule has 6 nitrogen and oxygen atoms in total. The lowest BCUT2D eigenvalue weighted by atomic mass is 9.95. The third-order valence-corrected chi connectivity index (χ3v) is 6.54. The summed E-state index contributed by atoms with van der Waals surface area (Å²) in [6, 6.07) is 15.2. The number of nitrogens with one attached hydrogen (secondary N) is 1. The van der Waals surface area contributed by atoms with Gasteiger partial charge >= 0.3 is 0 Å². The molecule has 2 fully saturated rings. The number of amides is 3. The predicted molar refractivity (Wildman–Crippen MR) is 123 cm³/mol. The van der Waals surface area contributed by atoms with Crippen molar-refractivity contribution >= 4 is 39.3 Å². The average Bonchev–Trinajstić information content (AvgIpc) is 3.23. The van der Waals surface area contributed by atoms with Crippen molar-refractivity contribution in [2.45, 2.75) is 32.2 Å². The van der Waals surface area contributed by atoms with Gasteiger partial charge in [-0.05, 0) is 61.2 Å². The Balaban J connectivity index is 1.27. The number of anilines is 1. The van der Waals surface area contributed by atoms with E-state index < -0.39 is 0 Å². The highest BCUT2D eigenvalue weighted by Gasteiger charge is 2.28. The first-order valence-electron chi connectivity index (χ1n) is 10.7. The van der Waals surface area contributed by atoms with E-state index in [0.29, 0.717) is 44.5 Å². The van der Waals surface area contributed by atoms with Gasteiger partial charge in [-0.1, -0.05) is 28.1 Å². The molecule has 0 saturated carbocycles. The topological polar surface area (TPSA) is 69.7 Å². The summed E-state index contributed by atoms with van der Waals surface area (Å²) in [5, 5.41) is 3.03. The van der Waals surface area contributed by atoms with Gasteiger partial charge in [-0.25, -0.2) is 0 Å². The van der Waals surface area contributed by atoms with Crippen molar-refractivity contribution < 1.29 is 14.4 Å². The van der Waals surface area contributed by atoms with E-state index in [1.807, 2.05) is 58.3 Å². The molecule has 1 N–H and O–H groups in total. The van der Waals surface area contributed by atoms with E-state index in [4.69, 9.17) is 0 Å². The molecular weight excluding hydrogens is 458 g/mol. The Morgan fingerprint density at radius 3 is 2.45 bits per heavy atom.